The number of benzene rings is 2. The molecule has 0 aromatic heterocycles. The molecule has 1 N–H and O–H groups in total. The molecule has 5 aliphatic rings. The van der Waals surface area contributed by atoms with E-state index in [1.54, 1.807) is 0 Å². The molecule has 2 aliphatic carbocycles. The second-order valence-electron chi connectivity index (χ2n) is 11.1. The summed E-state index contributed by atoms with van der Waals surface area (Å²) < 4.78 is 0. The number of fused-ring (bicyclic) bond motifs is 8. The molecule has 0 saturated carbocycles. The Balaban J connectivity index is 1.41. The Morgan fingerprint density at radius 1 is 1.14 bits per heavy atom. The molecule has 0 bridgehead atoms. The van der Waals surface area contributed by atoms with Crippen LogP contribution < -0.4 is 10.2 Å². The molecule has 2 aromatic carbocycles. The third kappa shape index (κ3) is 3.06. The van der Waals surface area contributed by atoms with E-state index in [0.717, 1.165) is 49.0 Å². The van der Waals surface area contributed by atoms with Crippen LogP contribution >= 0.6 is 11.6 Å². The zero-order valence-corrected chi connectivity index (χ0v) is 21.8. The molecule has 0 radical (unpaired) electrons. The Bertz CT molecular complexity index is 1490. The zero-order chi connectivity index (χ0) is 24.8. The predicted molar refractivity (Wildman–Crippen MR) is 147 cm³/mol. The minimum absolute atomic E-state index is 0.127. The summed E-state index contributed by atoms with van der Waals surface area (Å²) >= 11 is 6.51. The van der Waals surface area contributed by atoms with Crippen molar-refractivity contribution in [2.45, 2.75) is 64.5 Å². The zero-order valence-electron chi connectivity index (χ0n) is 21.0. The van der Waals surface area contributed by atoms with Gasteiger partial charge in [-0.25, -0.2) is 0 Å². The highest BCUT2D eigenvalue weighted by Gasteiger charge is 2.48. The Kier molecular flexibility index (Phi) is 4.73. The maximum atomic E-state index is 13.7. The van der Waals surface area contributed by atoms with E-state index in [4.69, 9.17) is 16.6 Å². The Morgan fingerprint density at radius 3 is 2.78 bits per heavy atom. The fraction of sp³-hybridized carbons (Fsp3) is 0.355. The summed E-state index contributed by atoms with van der Waals surface area (Å²) in [7, 11) is 0. The summed E-state index contributed by atoms with van der Waals surface area (Å²) in [5, 5.41) is 4.30. The lowest BCUT2D eigenvalue weighted by atomic mass is 9.77. The first kappa shape index (κ1) is 22.1. The van der Waals surface area contributed by atoms with Crippen LogP contribution in [0.3, 0.4) is 0 Å². The van der Waals surface area contributed by atoms with Gasteiger partial charge in [0.25, 0.3) is 0 Å². The van der Waals surface area contributed by atoms with Crippen LogP contribution in [0.4, 0.5) is 5.69 Å². The Labute approximate surface area is 217 Å². The SMILES string of the molecule is CC1=C2CCCC3=C(C2=CCCN1)C1N=C1c1cc2c(cc13)N(Cc1ccccc1Cl)C(=O)C2(C)C. The molecule has 1 amide bonds. The summed E-state index contributed by atoms with van der Waals surface area (Å²) in [5.41, 5.74) is 13.2. The Morgan fingerprint density at radius 2 is 1.94 bits per heavy atom. The number of amides is 1. The number of rotatable bonds is 2. The topological polar surface area (TPSA) is 44.7 Å². The van der Waals surface area contributed by atoms with Gasteiger partial charge in [0, 0.05) is 28.5 Å². The molecular formula is C31H30ClN3O. The van der Waals surface area contributed by atoms with Crippen LogP contribution in [0.1, 0.15) is 68.7 Å². The molecule has 0 spiro atoms. The first-order valence-corrected chi connectivity index (χ1v) is 13.4. The molecule has 36 heavy (non-hydrogen) atoms. The molecule has 0 saturated heterocycles. The Hall–Kier alpha value is -3.11. The molecule has 182 valence electrons. The van der Waals surface area contributed by atoms with Gasteiger partial charge in [0.05, 0.1) is 17.7 Å². The van der Waals surface area contributed by atoms with Crippen LogP contribution in [-0.4, -0.2) is 24.2 Å². The van der Waals surface area contributed by atoms with Gasteiger partial charge >= 0.3 is 0 Å². The van der Waals surface area contributed by atoms with Crippen molar-refractivity contribution in [3.8, 4) is 0 Å². The average molecular weight is 496 g/mol. The first-order valence-electron chi connectivity index (χ1n) is 13.1. The third-order valence-electron chi connectivity index (χ3n) is 8.63. The number of anilines is 1. The molecule has 1 unspecified atom stereocenters. The van der Waals surface area contributed by atoms with E-state index >= 15 is 0 Å². The summed E-state index contributed by atoms with van der Waals surface area (Å²) in [6, 6.07) is 12.6. The second kappa shape index (κ2) is 7.69. The number of nitrogens with one attached hydrogen (secondary N) is 1. The van der Waals surface area contributed by atoms with Gasteiger partial charge < -0.3 is 10.2 Å². The van der Waals surface area contributed by atoms with E-state index in [2.05, 4.69) is 30.4 Å². The van der Waals surface area contributed by atoms with E-state index in [-0.39, 0.29) is 11.9 Å². The van der Waals surface area contributed by atoms with Crippen LogP contribution in [0, 0.1) is 0 Å². The van der Waals surface area contributed by atoms with E-state index < -0.39 is 5.41 Å². The van der Waals surface area contributed by atoms with Gasteiger partial charge in [-0.3, -0.25) is 9.79 Å². The summed E-state index contributed by atoms with van der Waals surface area (Å²) in [6.07, 6.45) is 6.71. The number of carbonyl (C=O) groups is 1. The maximum absolute atomic E-state index is 13.7. The number of aliphatic imine (C=N–C) groups is 1. The largest absolute Gasteiger partial charge is 0.388 e. The normalized spacial score (nSPS) is 23.4. The number of carbonyl (C=O) groups excluding carboxylic acids is 1. The third-order valence-corrected chi connectivity index (χ3v) is 9.00. The van der Waals surface area contributed by atoms with Crippen LogP contribution in [0.5, 0.6) is 0 Å². The van der Waals surface area contributed by atoms with Crippen molar-refractivity contribution >= 4 is 34.5 Å². The van der Waals surface area contributed by atoms with E-state index in [0.29, 0.717) is 11.6 Å². The molecule has 7 rings (SSSR count). The predicted octanol–water partition coefficient (Wildman–Crippen LogP) is 6.48. The highest BCUT2D eigenvalue weighted by atomic mass is 35.5. The van der Waals surface area contributed by atoms with Gasteiger partial charge in [0.2, 0.25) is 5.91 Å². The summed E-state index contributed by atoms with van der Waals surface area (Å²) in [4.78, 5) is 20.7. The first-order chi connectivity index (χ1) is 17.4. The van der Waals surface area contributed by atoms with Crippen LogP contribution in [-0.2, 0) is 16.8 Å². The standard InChI is InChI=1S/C31H30ClN3O/c1-17-19-9-6-10-21-22-15-26-24(14-23(22)28-29(34-28)27(21)20(19)11-7-13-33-17)31(2,3)30(36)35(26)16-18-8-4-5-12-25(18)32/h4-5,8,11-12,14-15,29,33H,6-7,9-10,13,16H2,1-3H3. The van der Waals surface area contributed by atoms with Crippen LogP contribution in [0.2, 0.25) is 5.02 Å². The van der Waals surface area contributed by atoms with E-state index in [1.165, 1.54) is 44.8 Å². The number of hydrogen-bond acceptors (Lipinski definition) is 3. The second-order valence-corrected chi connectivity index (χ2v) is 11.5. The fourth-order valence-corrected chi connectivity index (χ4v) is 6.84. The number of halogens is 1. The quantitative estimate of drug-likeness (QED) is 0.518. The van der Waals surface area contributed by atoms with Gasteiger partial charge in [-0.05, 0) is 104 Å². The number of allylic oxidation sites excluding steroid dienone is 3. The van der Waals surface area contributed by atoms with Gasteiger partial charge in [-0.1, -0.05) is 35.9 Å². The van der Waals surface area contributed by atoms with Crippen molar-refractivity contribution in [1.29, 1.82) is 0 Å². The lowest BCUT2D eigenvalue weighted by molar-refractivity contribution is -0.122. The summed E-state index contributed by atoms with van der Waals surface area (Å²) in [5.74, 6) is 0.127. The van der Waals surface area contributed by atoms with E-state index in [1.807, 2.05) is 43.0 Å². The molecule has 4 nitrogen and oxygen atoms in total. The van der Waals surface area contributed by atoms with Crippen molar-refractivity contribution in [1.82, 2.24) is 5.32 Å². The number of hydrogen-bond donors (Lipinski definition) is 1. The molecule has 0 fully saturated rings. The minimum Gasteiger partial charge on any atom is -0.388 e. The van der Waals surface area contributed by atoms with Crippen molar-refractivity contribution in [3.63, 3.8) is 0 Å². The van der Waals surface area contributed by atoms with Crippen molar-refractivity contribution in [2.75, 3.05) is 11.4 Å². The minimum atomic E-state index is -0.586. The van der Waals surface area contributed by atoms with Crippen LogP contribution in [0.25, 0.3) is 5.57 Å². The highest BCUT2D eigenvalue weighted by Crippen LogP contribution is 2.53. The van der Waals surface area contributed by atoms with Gasteiger partial charge in [0.15, 0.2) is 0 Å². The molecular weight excluding hydrogens is 466 g/mol. The van der Waals surface area contributed by atoms with Gasteiger partial charge in [-0.2, -0.15) is 0 Å². The van der Waals surface area contributed by atoms with Crippen molar-refractivity contribution in [3.05, 3.63) is 92.2 Å². The average Bonchev–Trinajstić information content (AvgIpc) is 3.66. The van der Waals surface area contributed by atoms with E-state index in [9.17, 15) is 4.79 Å². The number of nitrogens with zero attached hydrogens (tertiary/aromatic N) is 2. The molecule has 3 aliphatic heterocycles. The maximum Gasteiger partial charge on any atom is 0.237 e. The lowest BCUT2D eigenvalue weighted by Crippen LogP contribution is -2.35. The lowest BCUT2D eigenvalue weighted by Gasteiger charge is -2.25. The van der Waals surface area contributed by atoms with Gasteiger partial charge in [0.1, 0.15) is 6.04 Å². The molecule has 2 aromatic rings. The highest BCUT2D eigenvalue weighted by molar-refractivity contribution is 6.31. The molecule has 1 atom stereocenters. The van der Waals surface area contributed by atoms with Crippen molar-refractivity contribution in [2.24, 2.45) is 4.99 Å². The van der Waals surface area contributed by atoms with Crippen LogP contribution in [0.15, 0.2) is 69.9 Å². The van der Waals surface area contributed by atoms with Crippen molar-refractivity contribution < 1.29 is 4.79 Å². The summed E-state index contributed by atoms with van der Waals surface area (Å²) in [6.45, 7) is 7.77. The fourth-order valence-electron chi connectivity index (χ4n) is 6.64. The monoisotopic (exact) mass is 495 g/mol. The smallest absolute Gasteiger partial charge is 0.237 e. The van der Waals surface area contributed by atoms with Gasteiger partial charge in [-0.15, -0.1) is 0 Å². The molecule has 3 heterocycles. The molecule has 5 heteroatoms.